The van der Waals surface area contributed by atoms with Crippen LogP contribution in [0.2, 0.25) is 0 Å². The number of benzene rings is 28. The lowest BCUT2D eigenvalue weighted by atomic mass is 9.82. The van der Waals surface area contributed by atoms with Crippen LogP contribution in [0.1, 0.15) is 0 Å². The zero-order valence-corrected chi connectivity index (χ0v) is 78.5. The average molecular weight is 1810 g/mol. The van der Waals surface area contributed by atoms with Gasteiger partial charge in [-0.1, -0.05) is 473 Å². The molecule has 0 aliphatic heterocycles. The molecule has 28 aromatic rings. The van der Waals surface area contributed by atoms with Gasteiger partial charge in [0.05, 0.1) is 0 Å². The van der Waals surface area contributed by atoms with E-state index < -0.39 is 0 Å². The monoisotopic (exact) mass is 1810 g/mol. The van der Waals surface area contributed by atoms with Crippen molar-refractivity contribution in [2.24, 2.45) is 0 Å². The predicted octanol–water partition coefficient (Wildman–Crippen LogP) is 40.5. The molecule has 144 heavy (non-hydrogen) atoms. The summed E-state index contributed by atoms with van der Waals surface area (Å²) in [6.07, 6.45) is 0. The van der Waals surface area contributed by atoms with Gasteiger partial charge in [-0.25, -0.2) is 0 Å². The maximum Gasteiger partial charge on any atom is -0.000741 e. The summed E-state index contributed by atoms with van der Waals surface area (Å²) in [6.45, 7) is 0. The minimum Gasteiger partial charge on any atom is -0.0622 e. The van der Waals surface area contributed by atoms with Crippen LogP contribution in [0.3, 0.4) is 0 Å². The minimum atomic E-state index is 1.23. The SMILES string of the molecule is c1ccc(-c2ccc(-c3ccc4ccccc4c3)c3c2-c2cccc4c(-c5ccc6c7c(cccc57)-c5c-6c(-c6ccc7ccccc7c6)c6ccccc6c5-c5ccccc5)ccc-3c24)cc1.c1ccc2cc(-c3ccc(-c4ccc5ccccc5c4)c4c3-c3cccc5c(-c6ccc7c8c(cccc68)-c6c-7c(-c7ccc8ccccc8c7)c7ccccc7c6-c6ccc7ccccc7c6)ccc-4c35)ccc2c1. The molecule has 4 aliphatic rings. The summed E-state index contributed by atoms with van der Waals surface area (Å²) < 4.78 is 0. The molecule has 0 heteroatoms. The third-order valence-corrected chi connectivity index (χ3v) is 32.2. The van der Waals surface area contributed by atoms with Crippen molar-refractivity contribution >= 4 is 129 Å². The first kappa shape index (κ1) is 80.3. The van der Waals surface area contributed by atoms with Crippen molar-refractivity contribution in [2.75, 3.05) is 0 Å². The van der Waals surface area contributed by atoms with E-state index in [1.807, 2.05) is 0 Å². The molecule has 28 aromatic carbocycles. The fourth-order valence-electron chi connectivity index (χ4n) is 26.0. The Kier molecular flexibility index (Phi) is 17.5. The largest absolute Gasteiger partial charge is 0.0622 e. The predicted molar refractivity (Wildman–Crippen MR) is 615 cm³/mol. The highest BCUT2D eigenvalue weighted by Gasteiger charge is 2.38. The third kappa shape index (κ3) is 11.9. The third-order valence-electron chi connectivity index (χ3n) is 32.2. The normalized spacial score (nSPS) is 12.2. The van der Waals surface area contributed by atoms with Crippen LogP contribution in [0.25, 0.3) is 330 Å². The Morgan fingerprint density at radius 3 is 0.535 bits per heavy atom. The first-order valence-corrected chi connectivity index (χ1v) is 50.3. The smallest absolute Gasteiger partial charge is 0.000741 e. The van der Waals surface area contributed by atoms with Gasteiger partial charge in [0.25, 0.3) is 0 Å². The molecule has 0 nitrogen and oxygen atoms in total. The summed E-state index contributed by atoms with van der Waals surface area (Å²) in [5, 5.41) is 30.5. The molecule has 0 N–H and O–H groups in total. The lowest BCUT2D eigenvalue weighted by Gasteiger charge is -2.21. The Hall–Kier alpha value is -18.7. The van der Waals surface area contributed by atoms with Crippen LogP contribution in [0.5, 0.6) is 0 Å². The van der Waals surface area contributed by atoms with Gasteiger partial charge >= 0.3 is 0 Å². The van der Waals surface area contributed by atoms with Crippen molar-refractivity contribution in [1.82, 2.24) is 0 Å². The topological polar surface area (TPSA) is 0 Å². The average Bonchev–Trinajstić information content (AvgIpc) is 1.53. The fourth-order valence-corrected chi connectivity index (χ4v) is 26.0. The van der Waals surface area contributed by atoms with Gasteiger partial charge in [-0.3, -0.25) is 0 Å². The van der Waals surface area contributed by atoms with Gasteiger partial charge in [0.1, 0.15) is 0 Å². The molecular formula is C144H84. The van der Waals surface area contributed by atoms with Crippen molar-refractivity contribution in [2.45, 2.75) is 0 Å². The van der Waals surface area contributed by atoms with Crippen molar-refractivity contribution in [3.05, 3.63) is 510 Å². The van der Waals surface area contributed by atoms with Crippen LogP contribution in [0, 0.1) is 0 Å². The molecular weight excluding hydrogens is 1730 g/mol. The van der Waals surface area contributed by atoms with Crippen LogP contribution in [0.4, 0.5) is 0 Å². The van der Waals surface area contributed by atoms with Crippen molar-refractivity contribution in [3.8, 4) is 200 Å². The molecule has 0 saturated heterocycles. The summed E-state index contributed by atoms with van der Waals surface area (Å²) in [6, 6.07) is 192. The highest BCUT2D eigenvalue weighted by atomic mass is 14.4. The second-order valence-corrected chi connectivity index (χ2v) is 39.6. The lowest BCUT2D eigenvalue weighted by molar-refractivity contribution is 1.60. The Morgan fingerprint density at radius 1 is 0.0764 bits per heavy atom. The van der Waals surface area contributed by atoms with Gasteiger partial charge in [0.15, 0.2) is 0 Å². The van der Waals surface area contributed by atoms with Crippen molar-refractivity contribution < 1.29 is 0 Å². The van der Waals surface area contributed by atoms with Crippen molar-refractivity contribution in [3.63, 3.8) is 0 Å². The van der Waals surface area contributed by atoms with Crippen LogP contribution < -0.4 is 0 Å². The molecule has 0 spiro atoms. The Labute approximate surface area is 832 Å². The van der Waals surface area contributed by atoms with Crippen molar-refractivity contribution in [1.29, 1.82) is 0 Å². The molecule has 0 radical (unpaired) electrons. The van der Waals surface area contributed by atoms with Crippen LogP contribution in [-0.4, -0.2) is 0 Å². The van der Waals surface area contributed by atoms with Gasteiger partial charge in [0.2, 0.25) is 0 Å². The van der Waals surface area contributed by atoms with Crippen LogP contribution in [-0.2, 0) is 0 Å². The standard InChI is InChI=1S/C76H44.C68H40/c1-5-17-49-41-53(31-27-45(49)13-1)57-35-36-58(54-32-28-46-14-2-6-18-50(46)42-54)74-67-39-37-59(61-23-11-25-65(71(61)67)73(57)74)60-38-40-68-72-62(60)24-12-26-66(72)75-69(55-33-29-47-15-3-7-19-51(47)43-55)63-21-9-10-22-64(63)70(76(68)75)56-34-30-48-16-4-8-20-52(48)44-56;1-3-17-43(18-4-1)49-33-34-50(47-31-29-41-15-7-9-21-45(41)39-47)66-59-37-35-51(53-25-13-27-57(63(53)59)65(49)66)52-36-38-60-64-54(52)26-14-28-58(64)67-61(44-19-5-2-6-20-44)55-23-11-12-24-56(55)62(68(60)67)48-32-30-42-16-8-10-22-46(42)40-48/h1-44H;1-40H. The van der Waals surface area contributed by atoms with E-state index in [2.05, 4.69) is 510 Å². The number of rotatable bonds is 10. The van der Waals surface area contributed by atoms with Crippen LogP contribution in [0.15, 0.2) is 510 Å². The summed E-state index contributed by atoms with van der Waals surface area (Å²) in [5.74, 6) is 0. The van der Waals surface area contributed by atoms with E-state index in [4.69, 9.17) is 0 Å². The molecule has 0 saturated carbocycles. The quantitative estimate of drug-likeness (QED) is 0.128. The van der Waals surface area contributed by atoms with Crippen LogP contribution >= 0.6 is 0 Å². The van der Waals surface area contributed by atoms with Gasteiger partial charge < -0.3 is 0 Å². The molecule has 32 rings (SSSR count). The molecule has 0 fully saturated rings. The Balaban J connectivity index is 0.000000132. The summed E-state index contributed by atoms with van der Waals surface area (Å²) in [5.41, 5.74) is 46.0. The highest BCUT2D eigenvalue weighted by molar-refractivity contribution is 6.34. The second-order valence-electron chi connectivity index (χ2n) is 39.6. The van der Waals surface area contributed by atoms with Gasteiger partial charge in [-0.15, -0.1) is 0 Å². The molecule has 0 unspecified atom stereocenters. The number of fused-ring (bicyclic) bond motifs is 20. The summed E-state index contributed by atoms with van der Waals surface area (Å²) in [7, 11) is 0. The van der Waals surface area contributed by atoms with E-state index in [0.717, 1.165) is 0 Å². The number of hydrogen-bond acceptors (Lipinski definition) is 0. The Morgan fingerprint density at radius 2 is 0.257 bits per heavy atom. The van der Waals surface area contributed by atoms with Gasteiger partial charge in [-0.05, 0) is 366 Å². The fraction of sp³-hybridized carbons (Fsp3) is 0. The van der Waals surface area contributed by atoms with E-state index in [1.165, 1.54) is 330 Å². The number of hydrogen-bond donors (Lipinski definition) is 0. The molecule has 0 atom stereocenters. The second kappa shape index (κ2) is 31.4. The van der Waals surface area contributed by atoms with E-state index in [0.29, 0.717) is 0 Å². The molecule has 0 amide bonds. The molecule has 0 bridgehead atoms. The Bertz CT molecular complexity index is 10300. The lowest BCUT2D eigenvalue weighted by Crippen LogP contribution is -1.94. The molecule has 4 aliphatic carbocycles. The summed E-state index contributed by atoms with van der Waals surface area (Å²) in [4.78, 5) is 0. The molecule has 0 aromatic heterocycles. The first-order valence-electron chi connectivity index (χ1n) is 50.3. The van der Waals surface area contributed by atoms with E-state index >= 15 is 0 Å². The zero-order valence-electron chi connectivity index (χ0n) is 78.5. The molecule has 660 valence electrons. The first-order chi connectivity index (χ1) is 71.5. The van der Waals surface area contributed by atoms with Gasteiger partial charge in [-0.2, -0.15) is 0 Å². The molecule has 0 heterocycles. The zero-order chi connectivity index (χ0) is 94.0. The maximum absolute atomic E-state index is 2.45. The van der Waals surface area contributed by atoms with E-state index in [-0.39, 0.29) is 0 Å². The summed E-state index contributed by atoms with van der Waals surface area (Å²) >= 11 is 0. The minimum absolute atomic E-state index is 1.23. The van der Waals surface area contributed by atoms with E-state index in [9.17, 15) is 0 Å². The van der Waals surface area contributed by atoms with E-state index in [1.54, 1.807) is 0 Å². The highest BCUT2D eigenvalue weighted by Crippen LogP contribution is 2.65. The van der Waals surface area contributed by atoms with Gasteiger partial charge in [0, 0.05) is 0 Å². The maximum atomic E-state index is 2.45.